The van der Waals surface area contributed by atoms with Gasteiger partial charge in [0, 0.05) is 34.3 Å². The minimum atomic E-state index is -0.926. The molecule has 4 rings (SSSR count). The van der Waals surface area contributed by atoms with E-state index in [9.17, 15) is 14.7 Å². The second-order valence-electron chi connectivity index (χ2n) is 6.98. The number of hydrogen-bond donors (Lipinski definition) is 3. The quantitative estimate of drug-likeness (QED) is 0.418. The molecule has 1 amide bonds. The summed E-state index contributed by atoms with van der Waals surface area (Å²) in [7, 11) is 0. The minimum Gasteiger partial charge on any atom is -0.480 e. The average molecular weight is 557 g/mol. The number of benzene rings is 1. The van der Waals surface area contributed by atoms with E-state index in [0.29, 0.717) is 37.5 Å². The number of carboxylic acid groups (broad SMARTS) is 1. The highest BCUT2D eigenvalue weighted by Gasteiger charge is 2.32. The van der Waals surface area contributed by atoms with Crippen LogP contribution in [0.1, 0.15) is 27.0 Å². The van der Waals surface area contributed by atoms with Gasteiger partial charge in [-0.15, -0.1) is 11.8 Å². The fourth-order valence-corrected chi connectivity index (χ4v) is 5.43. The first-order chi connectivity index (χ1) is 15.2. The number of nitrogens with zero attached hydrogens (tertiary/aromatic N) is 3. The van der Waals surface area contributed by atoms with Crippen LogP contribution in [-0.4, -0.2) is 43.5 Å². The van der Waals surface area contributed by atoms with Crippen LogP contribution in [0.4, 0.5) is 5.69 Å². The molecule has 8 nitrogen and oxygen atoms in total. The van der Waals surface area contributed by atoms with E-state index >= 15 is 0 Å². The van der Waals surface area contributed by atoms with Crippen molar-refractivity contribution in [3.63, 3.8) is 0 Å². The van der Waals surface area contributed by atoms with Crippen molar-refractivity contribution in [2.24, 2.45) is 0 Å². The molecule has 12 heteroatoms. The van der Waals surface area contributed by atoms with Gasteiger partial charge in [-0.25, -0.2) is 9.67 Å². The summed E-state index contributed by atoms with van der Waals surface area (Å²) in [6.07, 6.45) is 1.56. The van der Waals surface area contributed by atoms with Crippen LogP contribution in [0.5, 0.6) is 0 Å². The standard InChI is InChI=1S/C20H16BrCl2N5O3S/c1-9-5-10(22)6-11(19-25-13(8-32-19)20(30)31)16(9)26-18(29)14-7-15(21)27-28(14)17-12(23)3-2-4-24-17/h2-7,13,19,25H,8H2,1H3,(H,26,29)(H,30,31). The monoisotopic (exact) mass is 555 g/mol. The van der Waals surface area contributed by atoms with Crippen LogP contribution in [0, 0.1) is 6.92 Å². The average Bonchev–Trinajstić information content (AvgIpc) is 3.37. The Bertz CT molecular complexity index is 1220. The van der Waals surface area contributed by atoms with Crippen molar-refractivity contribution in [2.75, 3.05) is 11.1 Å². The number of anilines is 1. The zero-order valence-electron chi connectivity index (χ0n) is 16.5. The molecule has 2 unspecified atom stereocenters. The van der Waals surface area contributed by atoms with Gasteiger partial charge in [-0.05, 0) is 52.7 Å². The van der Waals surface area contributed by atoms with E-state index in [-0.39, 0.29) is 11.1 Å². The molecule has 1 aliphatic rings. The molecule has 1 saturated heterocycles. The fourth-order valence-electron chi connectivity index (χ4n) is 3.33. The van der Waals surface area contributed by atoms with Crippen LogP contribution >= 0.6 is 50.9 Å². The molecule has 0 aliphatic carbocycles. The normalized spacial score (nSPS) is 18.0. The van der Waals surface area contributed by atoms with Crippen molar-refractivity contribution in [1.29, 1.82) is 0 Å². The maximum absolute atomic E-state index is 13.3. The second-order valence-corrected chi connectivity index (χ2v) is 9.78. The Morgan fingerprint density at radius 3 is 2.81 bits per heavy atom. The van der Waals surface area contributed by atoms with E-state index in [1.165, 1.54) is 16.4 Å². The molecule has 32 heavy (non-hydrogen) atoms. The number of aliphatic carboxylic acids is 1. The minimum absolute atomic E-state index is 0.216. The lowest BCUT2D eigenvalue weighted by atomic mass is 10.1. The number of hydrogen-bond acceptors (Lipinski definition) is 6. The number of aryl methyl sites for hydroxylation is 1. The van der Waals surface area contributed by atoms with Gasteiger partial charge in [0.2, 0.25) is 0 Å². The van der Waals surface area contributed by atoms with Crippen molar-refractivity contribution >= 4 is 68.5 Å². The summed E-state index contributed by atoms with van der Waals surface area (Å²) in [4.78, 5) is 28.9. The highest BCUT2D eigenvalue weighted by Crippen LogP contribution is 2.40. The molecule has 166 valence electrons. The summed E-state index contributed by atoms with van der Waals surface area (Å²) >= 11 is 17.3. The Hall–Kier alpha value is -2.11. The molecule has 3 N–H and O–H groups in total. The predicted octanol–water partition coefficient (Wildman–Crippen LogP) is 4.69. The first kappa shape index (κ1) is 23.1. The number of pyridine rings is 1. The van der Waals surface area contributed by atoms with E-state index in [1.807, 2.05) is 6.92 Å². The van der Waals surface area contributed by atoms with Crippen LogP contribution in [0.2, 0.25) is 10.0 Å². The third-order valence-corrected chi connectivity index (χ3v) is 6.93. The molecule has 0 saturated carbocycles. The van der Waals surface area contributed by atoms with Gasteiger partial charge in [0.15, 0.2) is 5.82 Å². The van der Waals surface area contributed by atoms with Crippen LogP contribution in [0.3, 0.4) is 0 Å². The van der Waals surface area contributed by atoms with Crippen molar-refractivity contribution in [2.45, 2.75) is 18.3 Å². The summed E-state index contributed by atoms with van der Waals surface area (Å²) in [6.45, 7) is 1.82. The number of halogens is 3. The predicted molar refractivity (Wildman–Crippen MR) is 128 cm³/mol. The Morgan fingerprint density at radius 1 is 1.34 bits per heavy atom. The number of amides is 1. The van der Waals surface area contributed by atoms with Gasteiger partial charge >= 0.3 is 5.97 Å². The lowest BCUT2D eigenvalue weighted by Crippen LogP contribution is -2.34. The van der Waals surface area contributed by atoms with Gasteiger partial charge in [0.25, 0.3) is 5.91 Å². The summed E-state index contributed by atoms with van der Waals surface area (Å²) in [6, 6.07) is 7.68. The van der Waals surface area contributed by atoms with E-state index in [4.69, 9.17) is 23.2 Å². The Labute approximate surface area is 205 Å². The molecule has 0 bridgehead atoms. The molecule has 2 atom stereocenters. The number of carboxylic acids is 1. The zero-order valence-corrected chi connectivity index (χ0v) is 20.4. The third-order valence-electron chi connectivity index (χ3n) is 4.78. The van der Waals surface area contributed by atoms with Gasteiger partial charge in [-0.2, -0.15) is 5.10 Å². The summed E-state index contributed by atoms with van der Waals surface area (Å²) in [5, 5.41) is 20.1. The molecule has 1 aromatic carbocycles. The van der Waals surface area contributed by atoms with Crippen LogP contribution < -0.4 is 10.6 Å². The van der Waals surface area contributed by atoms with E-state index in [1.54, 1.807) is 36.5 Å². The number of carbonyl (C=O) groups is 2. The fraction of sp³-hybridized carbons (Fsp3) is 0.200. The first-order valence-electron chi connectivity index (χ1n) is 9.33. The zero-order chi connectivity index (χ0) is 23.0. The maximum Gasteiger partial charge on any atom is 0.321 e. The van der Waals surface area contributed by atoms with E-state index in [0.717, 1.165) is 5.56 Å². The Kier molecular flexibility index (Phi) is 6.78. The molecule has 0 radical (unpaired) electrons. The molecular formula is C20H16BrCl2N5O3S. The molecule has 3 aromatic rings. The summed E-state index contributed by atoms with van der Waals surface area (Å²) in [5.74, 6) is -0.647. The second kappa shape index (κ2) is 9.40. The third kappa shape index (κ3) is 4.65. The van der Waals surface area contributed by atoms with Crippen LogP contribution in [0.25, 0.3) is 5.82 Å². The van der Waals surface area contributed by atoms with Gasteiger partial charge in [0.05, 0.1) is 10.4 Å². The summed E-state index contributed by atoms with van der Waals surface area (Å²) < 4.78 is 1.80. The molecule has 3 heterocycles. The highest BCUT2D eigenvalue weighted by atomic mass is 79.9. The molecule has 1 fully saturated rings. The van der Waals surface area contributed by atoms with Crippen LogP contribution in [0.15, 0.2) is 41.1 Å². The molecule has 1 aliphatic heterocycles. The largest absolute Gasteiger partial charge is 0.480 e. The first-order valence-corrected chi connectivity index (χ1v) is 11.9. The van der Waals surface area contributed by atoms with Crippen molar-refractivity contribution in [1.82, 2.24) is 20.1 Å². The highest BCUT2D eigenvalue weighted by molar-refractivity contribution is 9.10. The van der Waals surface area contributed by atoms with Gasteiger partial charge in [-0.1, -0.05) is 23.2 Å². The lowest BCUT2D eigenvalue weighted by molar-refractivity contribution is -0.138. The number of nitrogens with one attached hydrogen (secondary N) is 2. The van der Waals surface area contributed by atoms with E-state index in [2.05, 4.69) is 36.6 Å². The molecular weight excluding hydrogens is 541 g/mol. The SMILES string of the molecule is Cc1cc(Cl)cc(C2NC(C(=O)O)CS2)c1NC(=O)c1cc(Br)nn1-c1ncccc1Cl. The lowest BCUT2D eigenvalue weighted by Gasteiger charge is -2.19. The van der Waals surface area contributed by atoms with Gasteiger partial charge in [0.1, 0.15) is 16.3 Å². The topological polar surface area (TPSA) is 109 Å². The van der Waals surface area contributed by atoms with Gasteiger partial charge < -0.3 is 10.4 Å². The Balaban J connectivity index is 1.70. The Morgan fingerprint density at radius 2 is 2.12 bits per heavy atom. The van der Waals surface area contributed by atoms with Crippen LogP contribution in [-0.2, 0) is 4.79 Å². The van der Waals surface area contributed by atoms with Gasteiger partial charge in [-0.3, -0.25) is 14.9 Å². The van der Waals surface area contributed by atoms with E-state index < -0.39 is 17.9 Å². The number of rotatable bonds is 5. The van der Waals surface area contributed by atoms with Crippen molar-refractivity contribution in [3.05, 3.63) is 68.0 Å². The number of thioether (sulfide) groups is 1. The summed E-state index contributed by atoms with van der Waals surface area (Å²) in [5.41, 5.74) is 2.20. The smallest absolute Gasteiger partial charge is 0.321 e. The molecule has 0 spiro atoms. The molecule has 2 aromatic heterocycles. The number of aromatic nitrogens is 3. The number of carbonyl (C=O) groups excluding carboxylic acids is 1. The van der Waals surface area contributed by atoms with Crippen molar-refractivity contribution < 1.29 is 14.7 Å². The van der Waals surface area contributed by atoms with Crippen molar-refractivity contribution in [3.8, 4) is 5.82 Å². The maximum atomic E-state index is 13.3.